The summed E-state index contributed by atoms with van der Waals surface area (Å²) in [6.45, 7) is 0. The van der Waals surface area contributed by atoms with Crippen LogP contribution >= 0.6 is 0 Å². The van der Waals surface area contributed by atoms with Crippen molar-refractivity contribution in [3.8, 4) is 0 Å². The van der Waals surface area contributed by atoms with Gasteiger partial charge in [-0.05, 0) is 0 Å². The largest absolute Gasteiger partial charge is 0 e. The first-order valence-corrected chi connectivity index (χ1v) is 9.00. The van der Waals surface area contributed by atoms with E-state index in [1.165, 1.54) is 0 Å². The zero-order chi connectivity index (χ0) is 4.28. The highest BCUT2D eigenvalue weighted by molar-refractivity contribution is 7.60. The van der Waals surface area contributed by atoms with Gasteiger partial charge in [0.1, 0.15) is 0 Å². The van der Waals surface area contributed by atoms with E-state index < -0.39 is 0 Å². The molecule has 12 radical (unpaired) electrons. The lowest BCUT2D eigenvalue weighted by Gasteiger charge is -1.85. The first-order valence-electron chi connectivity index (χ1n) is 1.00. The fourth-order valence-electron chi connectivity index (χ4n) is 0. The Morgan fingerprint density at radius 2 is 1.60 bits per heavy atom. The van der Waals surface area contributed by atoms with Crippen LogP contribution in [0.4, 0.5) is 0 Å². The van der Waals surface area contributed by atoms with Crippen LogP contribution in [-0.4, -0.2) is 45.2 Å². The van der Waals surface area contributed by atoms with E-state index in [0.717, 1.165) is 8.55 Å². The molecule has 0 aromatic heterocycles. The molecule has 0 N–H and O–H groups in total. The quantitative estimate of drug-likeness (QED) is 0.373. The fourth-order valence-corrected chi connectivity index (χ4v) is 0. The average molecular weight is 140 g/mol. The molecule has 0 fully saturated rings. The number of hydrogen-bond acceptors (Lipinski definition) is 0. The Morgan fingerprint density at radius 3 is 1.60 bits per heavy atom. The van der Waals surface area contributed by atoms with E-state index in [1.807, 2.05) is 0 Å². The molecule has 0 nitrogen and oxygen atoms in total. The van der Waals surface area contributed by atoms with E-state index in [2.05, 4.69) is 29.3 Å². The van der Waals surface area contributed by atoms with Gasteiger partial charge in [-0.1, -0.05) is 0 Å². The minimum absolute atomic E-state index is 0.322. The molecule has 0 atom stereocenters. The van der Waals surface area contributed by atoms with Gasteiger partial charge >= 0.3 is 0 Å². The highest BCUT2D eigenvalue weighted by atomic mass is 29.9. The van der Waals surface area contributed by atoms with Crippen molar-refractivity contribution < 1.29 is 0 Å². The first kappa shape index (κ1) is 6.08. The van der Waals surface area contributed by atoms with Crippen molar-refractivity contribution in [1.82, 2.24) is 0 Å². The minimum atomic E-state index is -0.322. The Balaban J connectivity index is 2.54. The molecule has 0 aromatic rings. The maximum absolute atomic E-state index is 3.40. The van der Waals surface area contributed by atoms with Crippen molar-refractivity contribution in [3.05, 3.63) is 0 Å². The van der Waals surface area contributed by atoms with E-state index in [0.29, 0.717) is 0 Å². The molecule has 20 valence electrons. The topological polar surface area (TPSA) is 0 Å². The smallest absolute Gasteiger partial charge is 0 e. The normalized spacial score (nSPS) is 9.60. The van der Waals surface area contributed by atoms with Crippen molar-refractivity contribution in [2.75, 3.05) is 0 Å². The minimum Gasteiger partial charge on any atom is 0 e. The predicted molar refractivity (Wildman–Crippen MR) is 28.8 cm³/mol. The van der Waals surface area contributed by atoms with Crippen LogP contribution in [0, 0.1) is 0 Å². The van der Waals surface area contributed by atoms with Crippen LogP contribution in [0.25, 0.3) is 0 Å². The molecule has 0 aliphatic heterocycles. The molecule has 0 aliphatic carbocycles. The molecule has 0 rings (SSSR count). The summed E-state index contributed by atoms with van der Waals surface area (Å²) in [7, 11) is 10.6. The second-order valence-electron chi connectivity index (χ2n) is 0.500. The van der Waals surface area contributed by atoms with E-state index >= 15 is 0 Å². The maximum atomic E-state index is 3.40. The van der Waals surface area contributed by atoms with Crippen molar-refractivity contribution >= 4 is 45.2 Å². The van der Waals surface area contributed by atoms with Gasteiger partial charge in [-0.2, -0.15) is 0 Å². The SMILES string of the molecule is [Si][Si][Si]([Si])[Si]. The summed E-state index contributed by atoms with van der Waals surface area (Å²) in [5, 5.41) is 0. The molecule has 0 saturated carbocycles. The van der Waals surface area contributed by atoms with Crippen LogP contribution in [-0.2, 0) is 0 Å². The van der Waals surface area contributed by atoms with Gasteiger partial charge in [0.25, 0.3) is 0 Å². The summed E-state index contributed by atoms with van der Waals surface area (Å²) in [5.74, 6) is 0. The monoisotopic (exact) mass is 140 g/mol. The molecular weight excluding hydrogens is 140 g/mol. The van der Waals surface area contributed by atoms with Crippen molar-refractivity contribution in [1.29, 1.82) is 0 Å². The van der Waals surface area contributed by atoms with Crippen LogP contribution in [0.5, 0.6) is 0 Å². The zero-order valence-electron chi connectivity index (χ0n) is 2.50. The molecule has 0 aromatic carbocycles. The third kappa shape index (κ3) is 5.08. The Kier molecular flexibility index (Phi) is 3.99. The average Bonchev–Trinajstić information content (AvgIpc) is 1.38. The predicted octanol–water partition coefficient (Wildman–Crippen LogP) is -1.90. The lowest BCUT2D eigenvalue weighted by molar-refractivity contribution is 3.91. The fraction of sp³-hybridized carbons (Fsp3) is 0. The molecule has 0 saturated heterocycles. The van der Waals surface area contributed by atoms with Crippen LogP contribution in [0.15, 0.2) is 0 Å². The number of rotatable bonds is 1. The number of hydrogen-bond donors (Lipinski definition) is 0. The molecule has 0 spiro atoms. The summed E-state index contributed by atoms with van der Waals surface area (Å²) >= 11 is 0. The molecular formula is Si5. The Hall–Kier alpha value is 1.08. The summed E-state index contributed by atoms with van der Waals surface area (Å²) in [5.41, 5.74) is 0. The van der Waals surface area contributed by atoms with Gasteiger partial charge in [0.05, 0.1) is 0 Å². The lowest BCUT2D eigenvalue weighted by Crippen LogP contribution is -2.23. The summed E-state index contributed by atoms with van der Waals surface area (Å²) in [6.07, 6.45) is 0. The van der Waals surface area contributed by atoms with Crippen LogP contribution in [0.3, 0.4) is 0 Å². The standard InChI is InChI=1S/Si5/c1-4-5(2)3. The van der Waals surface area contributed by atoms with Gasteiger partial charge in [0, 0.05) is 45.2 Å². The van der Waals surface area contributed by atoms with Gasteiger partial charge in [0.2, 0.25) is 0 Å². The van der Waals surface area contributed by atoms with E-state index in [9.17, 15) is 0 Å². The van der Waals surface area contributed by atoms with Crippen molar-refractivity contribution in [2.24, 2.45) is 0 Å². The highest BCUT2D eigenvalue weighted by Crippen LogP contribution is 1.47. The third-order valence-corrected chi connectivity index (χ3v) is 10.1. The summed E-state index contributed by atoms with van der Waals surface area (Å²) < 4.78 is 0. The first-order chi connectivity index (χ1) is 2.27. The van der Waals surface area contributed by atoms with Gasteiger partial charge < -0.3 is 0 Å². The van der Waals surface area contributed by atoms with Gasteiger partial charge in [-0.15, -0.1) is 0 Å². The molecule has 0 amide bonds. The second-order valence-corrected chi connectivity index (χ2v) is 13.5. The molecule has 0 aliphatic rings. The highest BCUT2D eigenvalue weighted by Gasteiger charge is 1.85. The van der Waals surface area contributed by atoms with E-state index in [4.69, 9.17) is 0 Å². The van der Waals surface area contributed by atoms with Gasteiger partial charge in [-0.3, -0.25) is 0 Å². The molecule has 0 unspecified atom stereocenters. The molecule has 0 heterocycles. The summed E-state index contributed by atoms with van der Waals surface area (Å²) in [4.78, 5) is 0. The zero-order valence-corrected chi connectivity index (χ0v) is 7.50. The van der Waals surface area contributed by atoms with Gasteiger partial charge in [-0.25, -0.2) is 0 Å². The van der Waals surface area contributed by atoms with Crippen LogP contribution in [0.1, 0.15) is 0 Å². The maximum Gasteiger partial charge on any atom is 0 e. The van der Waals surface area contributed by atoms with Gasteiger partial charge in [0.15, 0.2) is 0 Å². The second kappa shape index (κ2) is 3.28. The van der Waals surface area contributed by atoms with E-state index in [1.54, 1.807) is 0 Å². The van der Waals surface area contributed by atoms with Crippen LogP contribution < -0.4 is 0 Å². The van der Waals surface area contributed by atoms with E-state index in [-0.39, 0.29) is 7.35 Å². The molecule has 5 heavy (non-hydrogen) atoms. The molecule has 0 bridgehead atoms. The summed E-state index contributed by atoms with van der Waals surface area (Å²) in [6, 6.07) is 0. The van der Waals surface area contributed by atoms with Crippen molar-refractivity contribution in [3.63, 3.8) is 0 Å². The Bertz CT molecular complexity index is 14.0. The van der Waals surface area contributed by atoms with Crippen molar-refractivity contribution in [2.45, 2.75) is 0 Å². The molecule has 5 heteroatoms. The van der Waals surface area contributed by atoms with Crippen LogP contribution in [0.2, 0.25) is 0 Å². The Labute approximate surface area is 45.6 Å². The lowest BCUT2D eigenvalue weighted by atomic mass is 26.2. The third-order valence-electron chi connectivity index (χ3n) is 0.125. The Morgan fingerprint density at radius 1 is 1.40 bits per heavy atom.